The zero-order valence-electron chi connectivity index (χ0n) is 23.0. The lowest BCUT2D eigenvalue weighted by atomic mass is 10.0. The number of allylic oxidation sites excluding steroid dienone is 2. The summed E-state index contributed by atoms with van der Waals surface area (Å²) in [4.78, 5) is 43.8. The molecule has 1 aliphatic heterocycles. The van der Waals surface area contributed by atoms with Crippen LogP contribution < -0.4 is 10.9 Å². The van der Waals surface area contributed by atoms with Crippen LogP contribution in [0.2, 0.25) is 0 Å². The van der Waals surface area contributed by atoms with Crippen LogP contribution in [0.4, 0.5) is 0 Å². The van der Waals surface area contributed by atoms with Gasteiger partial charge in [-0.05, 0) is 61.1 Å². The molecule has 0 radical (unpaired) electrons. The zero-order valence-corrected chi connectivity index (χ0v) is 23.8. The Morgan fingerprint density at radius 1 is 0.951 bits per heavy atom. The molecule has 0 unspecified atom stereocenters. The Balaban J connectivity index is 1.44. The van der Waals surface area contributed by atoms with Gasteiger partial charge in [-0.3, -0.25) is 25.4 Å². The van der Waals surface area contributed by atoms with Crippen LogP contribution in [0.1, 0.15) is 52.1 Å². The van der Waals surface area contributed by atoms with Crippen LogP contribution in [0.15, 0.2) is 124 Å². The lowest BCUT2D eigenvalue weighted by molar-refractivity contribution is -0.117. The van der Waals surface area contributed by atoms with Gasteiger partial charge in [0.2, 0.25) is 0 Å². The maximum Gasteiger partial charge on any atom is 0.338 e. The number of thioether (sulfide) groups is 1. The van der Waals surface area contributed by atoms with Crippen molar-refractivity contribution in [1.82, 2.24) is 10.9 Å². The third-order valence-electron chi connectivity index (χ3n) is 6.23. The largest absolute Gasteiger partial charge is 0.462 e. The fraction of sp³-hybridized carbons (Fsp3) is 0.152. The van der Waals surface area contributed by atoms with E-state index >= 15 is 0 Å². The van der Waals surface area contributed by atoms with Gasteiger partial charge in [0.1, 0.15) is 0 Å². The molecule has 208 valence electrons. The van der Waals surface area contributed by atoms with Crippen LogP contribution in [0.25, 0.3) is 0 Å². The number of nitrogens with zero attached hydrogens (tertiary/aromatic N) is 1. The number of carbonyl (C=O) groups excluding carboxylic acids is 3. The zero-order chi connectivity index (χ0) is 29.2. The van der Waals surface area contributed by atoms with E-state index in [1.165, 1.54) is 0 Å². The van der Waals surface area contributed by atoms with Gasteiger partial charge in [0.05, 0.1) is 24.4 Å². The number of esters is 1. The molecule has 2 N–H and O–H groups in total. The van der Waals surface area contributed by atoms with Crippen molar-refractivity contribution in [3.8, 4) is 0 Å². The number of hydrogen-bond acceptors (Lipinski definition) is 6. The SMILES string of the molecule is C=C(/C=C\C/C1=C(\C)CN=C(c2ccc(C(=O)OCC)cc2)c2ccccc2S1)C(=O)NNC(=O)c1ccccc1. The summed E-state index contributed by atoms with van der Waals surface area (Å²) in [6, 6.07) is 24.0. The van der Waals surface area contributed by atoms with E-state index in [0.29, 0.717) is 30.7 Å². The molecule has 0 aromatic heterocycles. The van der Waals surface area contributed by atoms with Crippen molar-refractivity contribution in [1.29, 1.82) is 0 Å². The molecule has 0 spiro atoms. The Hall–Kier alpha value is -4.69. The molecule has 0 aliphatic carbocycles. The number of fused-ring (bicyclic) bond motifs is 1. The van der Waals surface area contributed by atoms with E-state index < -0.39 is 11.8 Å². The number of carbonyl (C=O) groups is 3. The summed E-state index contributed by atoms with van der Waals surface area (Å²) < 4.78 is 5.10. The van der Waals surface area contributed by atoms with Crippen LogP contribution in [0.3, 0.4) is 0 Å². The highest BCUT2D eigenvalue weighted by Crippen LogP contribution is 2.36. The number of benzene rings is 3. The fourth-order valence-electron chi connectivity index (χ4n) is 4.02. The standard InChI is InChI=1S/C33H31N3O4S/c1-4-40-33(39)26-19-17-24(18-20-26)30-27-14-8-9-15-29(27)41-28(23(3)21-34-30)16-10-11-22(2)31(37)35-36-32(38)25-12-6-5-7-13-25/h5-15,17-20H,2,4,16,21H2,1,3H3,(H,35,37)(H,36,38)/b11-10-,28-23-,34-30?. The second-order valence-corrected chi connectivity index (χ2v) is 10.3. The van der Waals surface area contributed by atoms with Gasteiger partial charge in [0.25, 0.3) is 11.8 Å². The van der Waals surface area contributed by atoms with E-state index in [4.69, 9.17) is 9.73 Å². The first kappa shape index (κ1) is 29.3. The first-order valence-corrected chi connectivity index (χ1v) is 14.0. The molecule has 4 rings (SSSR count). The Bertz CT molecular complexity index is 1540. The third-order valence-corrected chi connectivity index (χ3v) is 7.57. The monoisotopic (exact) mass is 565 g/mol. The van der Waals surface area contributed by atoms with Gasteiger partial charge < -0.3 is 4.74 Å². The van der Waals surface area contributed by atoms with Crippen molar-refractivity contribution >= 4 is 35.3 Å². The minimum Gasteiger partial charge on any atom is -0.462 e. The number of nitrogens with one attached hydrogen (secondary N) is 2. The molecule has 0 saturated carbocycles. The number of hydrogen-bond donors (Lipinski definition) is 2. The Morgan fingerprint density at radius 3 is 2.39 bits per heavy atom. The van der Waals surface area contributed by atoms with Crippen molar-refractivity contribution in [2.45, 2.75) is 25.2 Å². The number of aliphatic imine (C=N–C) groups is 1. The normalized spacial score (nSPS) is 14.7. The predicted molar refractivity (Wildman–Crippen MR) is 163 cm³/mol. The maximum absolute atomic E-state index is 12.4. The molecule has 3 aromatic rings. The van der Waals surface area contributed by atoms with Crippen LogP contribution in [0, 0.1) is 0 Å². The highest BCUT2D eigenvalue weighted by Gasteiger charge is 2.18. The molecular formula is C33H31N3O4S. The van der Waals surface area contributed by atoms with Crippen LogP contribution >= 0.6 is 11.8 Å². The molecule has 0 fully saturated rings. The van der Waals surface area contributed by atoms with Crippen molar-refractivity contribution in [3.05, 3.63) is 136 Å². The van der Waals surface area contributed by atoms with Crippen LogP contribution in [-0.2, 0) is 9.53 Å². The highest BCUT2D eigenvalue weighted by molar-refractivity contribution is 8.03. The summed E-state index contributed by atoms with van der Waals surface area (Å²) in [7, 11) is 0. The third kappa shape index (κ3) is 7.70. The lowest BCUT2D eigenvalue weighted by Crippen LogP contribution is -2.41. The fourth-order valence-corrected chi connectivity index (χ4v) is 5.13. The average molecular weight is 566 g/mol. The summed E-state index contributed by atoms with van der Waals surface area (Å²) in [6.45, 7) is 8.49. The van der Waals surface area contributed by atoms with Gasteiger partial charge in [-0.1, -0.05) is 79.0 Å². The number of hydrazine groups is 1. The minimum absolute atomic E-state index is 0.222. The number of ether oxygens (including phenoxy) is 1. The van der Waals surface area contributed by atoms with Crippen molar-refractivity contribution in [2.24, 2.45) is 4.99 Å². The Kier molecular flexibility index (Phi) is 10.1. The highest BCUT2D eigenvalue weighted by atomic mass is 32.2. The van der Waals surface area contributed by atoms with Crippen molar-refractivity contribution in [3.63, 3.8) is 0 Å². The lowest BCUT2D eigenvalue weighted by Gasteiger charge is -2.18. The molecule has 0 bridgehead atoms. The first-order valence-electron chi connectivity index (χ1n) is 13.2. The molecule has 2 amide bonds. The van der Waals surface area contributed by atoms with Gasteiger partial charge in [-0.25, -0.2) is 4.79 Å². The summed E-state index contributed by atoms with van der Waals surface area (Å²) in [6.07, 6.45) is 4.12. The number of rotatable bonds is 8. The van der Waals surface area contributed by atoms with Gasteiger partial charge in [0.15, 0.2) is 0 Å². The van der Waals surface area contributed by atoms with E-state index in [9.17, 15) is 14.4 Å². The van der Waals surface area contributed by atoms with Crippen LogP contribution in [0.5, 0.6) is 0 Å². The summed E-state index contributed by atoms with van der Waals surface area (Å²) in [5.74, 6) is -1.24. The average Bonchev–Trinajstić information content (AvgIpc) is 2.99. The van der Waals surface area contributed by atoms with E-state index in [-0.39, 0.29) is 11.5 Å². The van der Waals surface area contributed by atoms with Gasteiger partial charge >= 0.3 is 5.97 Å². The van der Waals surface area contributed by atoms with E-state index in [1.807, 2.05) is 42.5 Å². The molecule has 0 saturated heterocycles. The topological polar surface area (TPSA) is 96.9 Å². The van der Waals surface area contributed by atoms with Gasteiger partial charge in [-0.15, -0.1) is 0 Å². The smallest absolute Gasteiger partial charge is 0.338 e. The molecule has 7 nitrogen and oxygen atoms in total. The first-order chi connectivity index (χ1) is 19.9. The molecule has 3 aromatic carbocycles. The predicted octanol–water partition coefficient (Wildman–Crippen LogP) is 6.04. The Labute approximate surface area is 244 Å². The van der Waals surface area contributed by atoms with E-state index in [1.54, 1.807) is 61.2 Å². The molecule has 41 heavy (non-hydrogen) atoms. The van der Waals surface area contributed by atoms with Gasteiger partial charge in [-0.2, -0.15) is 0 Å². The summed E-state index contributed by atoms with van der Waals surface area (Å²) in [5, 5.41) is 0. The molecule has 1 heterocycles. The van der Waals surface area contributed by atoms with E-state index in [0.717, 1.165) is 32.2 Å². The quantitative estimate of drug-likeness (QED) is 0.150. The molecule has 8 heteroatoms. The van der Waals surface area contributed by atoms with Crippen LogP contribution in [-0.4, -0.2) is 36.6 Å². The summed E-state index contributed by atoms with van der Waals surface area (Å²) in [5.41, 5.74) is 9.86. The molecule has 1 aliphatic rings. The minimum atomic E-state index is -0.491. The van der Waals surface area contributed by atoms with Gasteiger partial charge in [0, 0.05) is 27.2 Å². The Morgan fingerprint density at radius 2 is 1.66 bits per heavy atom. The second-order valence-electron chi connectivity index (χ2n) is 9.17. The molecular weight excluding hydrogens is 534 g/mol. The van der Waals surface area contributed by atoms with Crippen molar-refractivity contribution in [2.75, 3.05) is 13.2 Å². The van der Waals surface area contributed by atoms with Crippen molar-refractivity contribution < 1.29 is 19.1 Å². The van der Waals surface area contributed by atoms with E-state index in [2.05, 4.69) is 30.4 Å². The number of amides is 2. The molecule has 0 atom stereocenters. The second kappa shape index (κ2) is 14.1. The summed E-state index contributed by atoms with van der Waals surface area (Å²) >= 11 is 1.67. The maximum atomic E-state index is 12.4.